The molecular formula is C16H23F3N4O. The Hall–Kier alpha value is -1.57. The molecule has 134 valence electrons. The molecule has 1 aromatic heterocycles. The molecule has 2 heterocycles. The molecule has 0 aromatic carbocycles. The minimum atomic E-state index is -4.44. The zero-order valence-electron chi connectivity index (χ0n) is 13.8. The number of carbonyl (C=O) groups excluding carboxylic acids is 1. The van der Waals surface area contributed by atoms with Gasteiger partial charge in [-0.1, -0.05) is 0 Å². The van der Waals surface area contributed by atoms with E-state index in [1.54, 1.807) is 0 Å². The monoisotopic (exact) mass is 344 g/mol. The van der Waals surface area contributed by atoms with Gasteiger partial charge in [0, 0.05) is 30.6 Å². The second-order valence-corrected chi connectivity index (χ2v) is 6.84. The molecule has 1 aromatic rings. The predicted octanol–water partition coefficient (Wildman–Crippen LogP) is 2.38. The predicted molar refractivity (Wildman–Crippen MR) is 82.5 cm³/mol. The highest BCUT2D eigenvalue weighted by molar-refractivity contribution is 5.76. The van der Waals surface area contributed by atoms with E-state index in [2.05, 4.69) is 15.3 Å². The molecule has 5 nitrogen and oxygen atoms in total. The van der Waals surface area contributed by atoms with Crippen molar-refractivity contribution in [2.24, 2.45) is 0 Å². The van der Waals surface area contributed by atoms with E-state index >= 15 is 0 Å². The van der Waals surface area contributed by atoms with Crippen molar-refractivity contribution in [1.82, 2.24) is 20.0 Å². The lowest BCUT2D eigenvalue weighted by Gasteiger charge is -2.29. The topological polar surface area (TPSA) is 50.2 Å². The van der Waals surface area contributed by atoms with Gasteiger partial charge >= 0.3 is 6.18 Å². The Morgan fingerprint density at radius 3 is 2.54 bits per heavy atom. The number of hydrogen-bond donors (Lipinski definition) is 1. The van der Waals surface area contributed by atoms with Crippen molar-refractivity contribution in [1.29, 1.82) is 0 Å². The second kappa shape index (κ2) is 6.74. The molecular weight excluding hydrogens is 321 g/mol. The first-order valence-electron chi connectivity index (χ1n) is 8.46. The molecule has 24 heavy (non-hydrogen) atoms. The average molecular weight is 344 g/mol. The Morgan fingerprint density at radius 1 is 1.29 bits per heavy atom. The molecule has 0 spiro atoms. The van der Waals surface area contributed by atoms with E-state index in [1.165, 1.54) is 4.68 Å². The van der Waals surface area contributed by atoms with Crippen LogP contribution < -0.4 is 5.32 Å². The van der Waals surface area contributed by atoms with Crippen LogP contribution in [0.4, 0.5) is 13.2 Å². The largest absolute Gasteiger partial charge is 0.435 e. The molecule has 0 bridgehead atoms. The van der Waals surface area contributed by atoms with E-state index in [-0.39, 0.29) is 30.8 Å². The maximum atomic E-state index is 12.8. The van der Waals surface area contributed by atoms with Crippen molar-refractivity contribution in [3.8, 4) is 0 Å². The SMILES string of the molecule is CN1CCC(NC(=O)CCn2nc(C(F)(F)F)cc2C2CC2)CC1. The molecule has 0 atom stereocenters. The first-order valence-corrected chi connectivity index (χ1v) is 8.46. The lowest BCUT2D eigenvalue weighted by atomic mass is 10.1. The summed E-state index contributed by atoms with van der Waals surface area (Å²) in [5, 5.41) is 6.66. The van der Waals surface area contributed by atoms with E-state index in [0.717, 1.165) is 44.8 Å². The normalized spacial score (nSPS) is 20.3. The summed E-state index contributed by atoms with van der Waals surface area (Å²) in [5.74, 6) is 0.0425. The van der Waals surface area contributed by atoms with Crippen LogP contribution in [0.15, 0.2) is 6.07 Å². The van der Waals surface area contributed by atoms with Crippen LogP contribution in [0.25, 0.3) is 0 Å². The maximum absolute atomic E-state index is 12.8. The number of alkyl halides is 3. The molecule has 1 aliphatic heterocycles. The van der Waals surface area contributed by atoms with Crippen molar-refractivity contribution in [2.45, 2.75) is 56.8 Å². The summed E-state index contributed by atoms with van der Waals surface area (Å²) in [5.41, 5.74) is -0.255. The van der Waals surface area contributed by atoms with E-state index in [1.807, 2.05) is 7.05 Å². The highest BCUT2D eigenvalue weighted by Gasteiger charge is 2.37. The molecule has 2 fully saturated rings. The number of carbonyl (C=O) groups is 1. The number of rotatable bonds is 5. The summed E-state index contributed by atoms with van der Waals surface area (Å²) in [6.45, 7) is 2.09. The Kier molecular flexibility index (Phi) is 4.85. The second-order valence-electron chi connectivity index (χ2n) is 6.84. The average Bonchev–Trinajstić information content (AvgIpc) is 3.26. The third kappa shape index (κ3) is 4.28. The van der Waals surface area contributed by atoms with Crippen molar-refractivity contribution in [3.63, 3.8) is 0 Å². The van der Waals surface area contributed by atoms with Gasteiger partial charge in [-0.15, -0.1) is 0 Å². The number of amides is 1. The molecule has 8 heteroatoms. The minimum Gasteiger partial charge on any atom is -0.353 e. The van der Waals surface area contributed by atoms with Gasteiger partial charge in [-0.2, -0.15) is 18.3 Å². The summed E-state index contributed by atoms with van der Waals surface area (Å²) in [6.07, 6.45) is -0.670. The van der Waals surface area contributed by atoms with E-state index in [4.69, 9.17) is 0 Å². The summed E-state index contributed by atoms with van der Waals surface area (Å²) < 4.78 is 39.9. The van der Waals surface area contributed by atoms with Crippen LogP contribution in [0.3, 0.4) is 0 Å². The summed E-state index contributed by atoms with van der Waals surface area (Å²) in [7, 11) is 2.05. The molecule has 2 aliphatic rings. The first kappa shape index (κ1) is 17.3. The standard InChI is InChI=1S/C16H23F3N4O/c1-22-7-4-12(5-8-22)20-15(24)6-9-23-13(11-2-3-11)10-14(21-23)16(17,18)19/h10-12H,2-9H2,1H3,(H,20,24). The lowest BCUT2D eigenvalue weighted by Crippen LogP contribution is -2.43. The number of likely N-dealkylation sites (tertiary alicyclic amines) is 1. The lowest BCUT2D eigenvalue weighted by molar-refractivity contribution is -0.141. The molecule has 0 radical (unpaired) electrons. The number of hydrogen-bond acceptors (Lipinski definition) is 3. The van der Waals surface area contributed by atoms with Gasteiger partial charge in [-0.3, -0.25) is 9.48 Å². The van der Waals surface area contributed by atoms with Crippen molar-refractivity contribution < 1.29 is 18.0 Å². The Labute approximate surface area is 139 Å². The van der Waals surface area contributed by atoms with Gasteiger partial charge in [0.2, 0.25) is 5.91 Å². The number of nitrogens with zero attached hydrogens (tertiary/aromatic N) is 3. The molecule has 1 amide bonds. The van der Waals surface area contributed by atoms with Crippen LogP contribution >= 0.6 is 0 Å². The van der Waals surface area contributed by atoms with Crippen molar-refractivity contribution in [2.75, 3.05) is 20.1 Å². The third-order valence-electron chi connectivity index (χ3n) is 4.73. The third-order valence-corrected chi connectivity index (χ3v) is 4.73. The summed E-state index contributed by atoms with van der Waals surface area (Å²) >= 11 is 0. The number of aryl methyl sites for hydroxylation is 1. The smallest absolute Gasteiger partial charge is 0.353 e. The van der Waals surface area contributed by atoms with E-state index in [9.17, 15) is 18.0 Å². The van der Waals surface area contributed by atoms with Gasteiger partial charge < -0.3 is 10.2 Å². The van der Waals surface area contributed by atoms with E-state index in [0.29, 0.717) is 5.69 Å². The zero-order valence-corrected chi connectivity index (χ0v) is 13.8. The molecule has 1 aliphatic carbocycles. The fraction of sp³-hybridized carbons (Fsp3) is 0.750. The number of piperidine rings is 1. The summed E-state index contributed by atoms with van der Waals surface area (Å²) in [4.78, 5) is 14.3. The van der Waals surface area contributed by atoms with Crippen molar-refractivity contribution in [3.05, 3.63) is 17.5 Å². The molecule has 0 unspecified atom stereocenters. The number of aromatic nitrogens is 2. The Morgan fingerprint density at radius 2 is 1.96 bits per heavy atom. The molecule has 1 saturated carbocycles. The van der Waals surface area contributed by atoms with Gasteiger partial charge in [0.25, 0.3) is 0 Å². The number of nitrogens with one attached hydrogen (secondary N) is 1. The zero-order chi connectivity index (χ0) is 17.3. The summed E-state index contributed by atoms with van der Waals surface area (Å²) in [6, 6.07) is 1.30. The first-order chi connectivity index (χ1) is 11.3. The van der Waals surface area contributed by atoms with Gasteiger partial charge in [-0.25, -0.2) is 0 Å². The van der Waals surface area contributed by atoms with Gasteiger partial charge in [0.15, 0.2) is 5.69 Å². The Balaban J connectivity index is 1.56. The highest BCUT2D eigenvalue weighted by Crippen LogP contribution is 2.42. The van der Waals surface area contributed by atoms with Crippen LogP contribution in [-0.2, 0) is 17.5 Å². The fourth-order valence-electron chi connectivity index (χ4n) is 3.12. The fourth-order valence-corrected chi connectivity index (χ4v) is 3.12. The minimum absolute atomic E-state index is 0.115. The maximum Gasteiger partial charge on any atom is 0.435 e. The van der Waals surface area contributed by atoms with Gasteiger partial charge in [-0.05, 0) is 51.9 Å². The van der Waals surface area contributed by atoms with E-state index < -0.39 is 11.9 Å². The quantitative estimate of drug-likeness (QED) is 0.892. The van der Waals surface area contributed by atoms with Crippen LogP contribution in [0.2, 0.25) is 0 Å². The molecule has 1 N–H and O–H groups in total. The highest BCUT2D eigenvalue weighted by atomic mass is 19.4. The van der Waals surface area contributed by atoms with Crippen molar-refractivity contribution >= 4 is 5.91 Å². The van der Waals surface area contributed by atoms with Crippen LogP contribution in [-0.4, -0.2) is 46.8 Å². The molecule has 3 rings (SSSR count). The van der Waals surface area contributed by atoms with Gasteiger partial charge in [0.05, 0.1) is 0 Å². The van der Waals surface area contributed by atoms with Crippen LogP contribution in [0.1, 0.15) is 49.4 Å². The Bertz CT molecular complexity index is 587. The van der Waals surface area contributed by atoms with Crippen LogP contribution in [0.5, 0.6) is 0 Å². The number of halogens is 3. The molecule has 1 saturated heterocycles. The van der Waals surface area contributed by atoms with Crippen LogP contribution in [0, 0.1) is 0 Å². The van der Waals surface area contributed by atoms with Gasteiger partial charge in [0.1, 0.15) is 0 Å².